The van der Waals surface area contributed by atoms with Crippen molar-refractivity contribution in [1.29, 1.82) is 0 Å². The summed E-state index contributed by atoms with van der Waals surface area (Å²) >= 11 is 0. The number of nitrogens with one attached hydrogen (secondary N) is 1. The number of methoxy groups -OCH3 is 1. The van der Waals surface area contributed by atoms with E-state index in [0.29, 0.717) is 6.61 Å². The van der Waals surface area contributed by atoms with Crippen LogP contribution in [0.3, 0.4) is 0 Å². The van der Waals surface area contributed by atoms with E-state index in [9.17, 15) is 0 Å². The predicted molar refractivity (Wildman–Crippen MR) is 71.9 cm³/mol. The van der Waals surface area contributed by atoms with Crippen LogP contribution in [0, 0.1) is 5.92 Å². The molecule has 104 valence electrons. The Labute approximate surface area is 110 Å². The minimum atomic E-state index is 0.158. The Balaban J connectivity index is 1.78. The molecule has 1 saturated heterocycles. The zero-order chi connectivity index (χ0) is 12.8. The van der Waals surface area contributed by atoms with Crippen molar-refractivity contribution in [2.75, 3.05) is 47.0 Å². The van der Waals surface area contributed by atoms with Crippen LogP contribution in [-0.2, 0) is 9.47 Å². The average molecular weight is 255 g/mol. The molecule has 1 saturated carbocycles. The molecule has 1 unspecified atom stereocenters. The number of morpholine rings is 1. The summed E-state index contributed by atoms with van der Waals surface area (Å²) < 4.78 is 10.8. The first-order chi connectivity index (χ1) is 8.83. The number of hydrogen-bond acceptors (Lipinski definition) is 3. The van der Waals surface area contributed by atoms with Gasteiger partial charge in [0.05, 0.1) is 19.3 Å². The van der Waals surface area contributed by atoms with Gasteiger partial charge >= 0.3 is 0 Å². The molecule has 0 radical (unpaired) electrons. The van der Waals surface area contributed by atoms with Crippen molar-refractivity contribution >= 4 is 5.96 Å². The number of guanidine groups is 1. The van der Waals surface area contributed by atoms with Crippen molar-refractivity contribution in [3.8, 4) is 0 Å². The van der Waals surface area contributed by atoms with Gasteiger partial charge in [0.15, 0.2) is 5.96 Å². The zero-order valence-corrected chi connectivity index (χ0v) is 11.5. The van der Waals surface area contributed by atoms with Crippen molar-refractivity contribution in [1.82, 2.24) is 10.2 Å². The van der Waals surface area contributed by atoms with Crippen LogP contribution in [0.1, 0.15) is 19.3 Å². The SMILES string of the molecule is CN=C(NCC1CCC1)N1CCOC(COC)C1. The van der Waals surface area contributed by atoms with Crippen molar-refractivity contribution in [3.05, 3.63) is 0 Å². The van der Waals surface area contributed by atoms with Gasteiger partial charge < -0.3 is 19.7 Å². The van der Waals surface area contributed by atoms with Gasteiger partial charge in [-0.25, -0.2) is 0 Å². The largest absolute Gasteiger partial charge is 0.382 e. The molecule has 1 aliphatic heterocycles. The molecule has 0 spiro atoms. The van der Waals surface area contributed by atoms with E-state index < -0.39 is 0 Å². The Morgan fingerprint density at radius 3 is 2.94 bits per heavy atom. The number of rotatable bonds is 4. The van der Waals surface area contributed by atoms with E-state index in [0.717, 1.165) is 38.1 Å². The number of ether oxygens (including phenoxy) is 2. The fourth-order valence-corrected chi connectivity index (χ4v) is 2.46. The molecule has 2 aliphatic rings. The third-order valence-electron chi connectivity index (χ3n) is 3.78. The number of nitrogens with zero attached hydrogens (tertiary/aromatic N) is 2. The average Bonchev–Trinajstić information content (AvgIpc) is 2.33. The predicted octanol–water partition coefficient (Wildman–Crippen LogP) is 0.709. The maximum atomic E-state index is 5.65. The first kappa shape index (κ1) is 13.6. The lowest BCUT2D eigenvalue weighted by Gasteiger charge is -2.36. The molecule has 5 nitrogen and oxygen atoms in total. The minimum Gasteiger partial charge on any atom is -0.382 e. The standard InChI is InChI=1S/C13H25N3O2/c1-14-13(15-8-11-4-3-5-11)16-6-7-18-12(9-16)10-17-2/h11-12H,3-10H2,1-2H3,(H,14,15). The lowest BCUT2D eigenvalue weighted by Crippen LogP contribution is -2.52. The monoisotopic (exact) mass is 255 g/mol. The Hall–Kier alpha value is -0.810. The molecule has 0 amide bonds. The summed E-state index contributed by atoms with van der Waals surface area (Å²) in [6.45, 7) is 4.22. The summed E-state index contributed by atoms with van der Waals surface area (Å²) in [5, 5.41) is 3.48. The van der Waals surface area contributed by atoms with E-state index in [1.165, 1.54) is 19.3 Å². The summed E-state index contributed by atoms with van der Waals surface area (Å²) in [7, 11) is 3.57. The fourth-order valence-electron chi connectivity index (χ4n) is 2.46. The van der Waals surface area contributed by atoms with E-state index in [-0.39, 0.29) is 6.10 Å². The molecule has 2 fully saturated rings. The topological polar surface area (TPSA) is 46.1 Å². The van der Waals surface area contributed by atoms with Crippen LogP contribution in [0.5, 0.6) is 0 Å². The van der Waals surface area contributed by atoms with E-state index in [1.807, 2.05) is 7.05 Å². The molecule has 2 rings (SSSR count). The van der Waals surface area contributed by atoms with E-state index in [2.05, 4.69) is 15.2 Å². The molecule has 0 aromatic heterocycles. The molecule has 1 heterocycles. The highest BCUT2D eigenvalue weighted by Gasteiger charge is 2.24. The molecular formula is C13H25N3O2. The molecule has 0 aromatic rings. The van der Waals surface area contributed by atoms with E-state index >= 15 is 0 Å². The second-order valence-electron chi connectivity index (χ2n) is 5.12. The Morgan fingerprint density at radius 1 is 1.50 bits per heavy atom. The van der Waals surface area contributed by atoms with Gasteiger partial charge in [-0.2, -0.15) is 0 Å². The van der Waals surface area contributed by atoms with Crippen LogP contribution < -0.4 is 5.32 Å². The summed E-state index contributed by atoms with van der Waals surface area (Å²) in [5.41, 5.74) is 0. The lowest BCUT2D eigenvalue weighted by atomic mass is 9.85. The van der Waals surface area contributed by atoms with E-state index in [4.69, 9.17) is 9.47 Å². The maximum absolute atomic E-state index is 5.65. The molecule has 1 atom stereocenters. The summed E-state index contributed by atoms with van der Waals surface area (Å²) in [5.74, 6) is 1.85. The van der Waals surface area contributed by atoms with Gasteiger partial charge in [0, 0.05) is 33.8 Å². The van der Waals surface area contributed by atoms with Crippen molar-refractivity contribution < 1.29 is 9.47 Å². The van der Waals surface area contributed by atoms with Gasteiger partial charge in [-0.1, -0.05) is 6.42 Å². The van der Waals surface area contributed by atoms with Gasteiger partial charge in [0.25, 0.3) is 0 Å². The molecular weight excluding hydrogens is 230 g/mol. The zero-order valence-electron chi connectivity index (χ0n) is 11.5. The highest BCUT2D eigenvalue weighted by Crippen LogP contribution is 2.25. The summed E-state index contributed by atoms with van der Waals surface area (Å²) in [6, 6.07) is 0. The summed E-state index contributed by atoms with van der Waals surface area (Å²) in [4.78, 5) is 6.64. The van der Waals surface area contributed by atoms with Crippen LogP contribution in [0.4, 0.5) is 0 Å². The Bertz CT molecular complexity index is 277. The van der Waals surface area contributed by atoms with Crippen LogP contribution >= 0.6 is 0 Å². The van der Waals surface area contributed by atoms with Gasteiger partial charge in [0.2, 0.25) is 0 Å². The normalized spacial score (nSPS) is 26.0. The van der Waals surface area contributed by atoms with Gasteiger partial charge in [-0.15, -0.1) is 0 Å². The van der Waals surface area contributed by atoms with Crippen LogP contribution in [0.25, 0.3) is 0 Å². The quantitative estimate of drug-likeness (QED) is 0.593. The second-order valence-corrected chi connectivity index (χ2v) is 5.12. The molecule has 0 aromatic carbocycles. The molecule has 1 N–H and O–H groups in total. The van der Waals surface area contributed by atoms with Gasteiger partial charge in [-0.3, -0.25) is 4.99 Å². The first-order valence-electron chi connectivity index (χ1n) is 6.89. The lowest BCUT2D eigenvalue weighted by molar-refractivity contribution is -0.0447. The molecule has 1 aliphatic carbocycles. The van der Waals surface area contributed by atoms with Gasteiger partial charge in [-0.05, 0) is 18.8 Å². The Morgan fingerprint density at radius 2 is 2.33 bits per heavy atom. The smallest absolute Gasteiger partial charge is 0.193 e. The first-order valence-corrected chi connectivity index (χ1v) is 6.89. The van der Waals surface area contributed by atoms with E-state index in [1.54, 1.807) is 7.11 Å². The third-order valence-corrected chi connectivity index (χ3v) is 3.78. The second kappa shape index (κ2) is 6.95. The Kier molecular flexibility index (Phi) is 5.26. The van der Waals surface area contributed by atoms with Crippen LogP contribution in [-0.4, -0.2) is 64.0 Å². The van der Waals surface area contributed by atoms with Crippen molar-refractivity contribution in [2.24, 2.45) is 10.9 Å². The highest BCUT2D eigenvalue weighted by atomic mass is 16.5. The van der Waals surface area contributed by atoms with Crippen LogP contribution in [0.15, 0.2) is 4.99 Å². The molecule has 5 heteroatoms. The third kappa shape index (κ3) is 3.59. The minimum absolute atomic E-state index is 0.158. The molecule has 18 heavy (non-hydrogen) atoms. The fraction of sp³-hybridized carbons (Fsp3) is 0.923. The number of hydrogen-bond donors (Lipinski definition) is 1. The highest BCUT2D eigenvalue weighted by molar-refractivity contribution is 5.80. The summed E-state index contributed by atoms with van der Waals surface area (Å²) in [6.07, 6.45) is 4.27. The molecule has 0 bridgehead atoms. The van der Waals surface area contributed by atoms with Crippen LogP contribution in [0.2, 0.25) is 0 Å². The van der Waals surface area contributed by atoms with Crippen molar-refractivity contribution in [2.45, 2.75) is 25.4 Å². The van der Waals surface area contributed by atoms with Gasteiger partial charge in [0.1, 0.15) is 0 Å². The number of aliphatic imine (C=N–C) groups is 1. The van der Waals surface area contributed by atoms with Crippen molar-refractivity contribution in [3.63, 3.8) is 0 Å². The maximum Gasteiger partial charge on any atom is 0.193 e.